The molecule has 0 saturated heterocycles. The summed E-state index contributed by atoms with van der Waals surface area (Å²) < 4.78 is 4.53. The third kappa shape index (κ3) is 4.05. The van der Waals surface area contributed by atoms with Crippen molar-refractivity contribution in [2.45, 2.75) is 30.5 Å². The van der Waals surface area contributed by atoms with Gasteiger partial charge in [0.25, 0.3) is 0 Å². The van der Waals surface area contributed by atoms with E-state index in [4.69, 9.17) is 0 Å². The Kier molecular flexibility index (Phi) is 4.72. The van der Waals surface area contributed by atoms with Crippen molar-refractivity contribution in [1.29, 1.82) is 0 Å². The van der Waals surface area contributed by atoms with E-state index in [0.717, 1.165) is 12.8 Å². The van der Waals surface area contributed by atoms with Crippen molar-refractivity contribution in [2.24, 2.45) is 0 Å². The van der Waals surface area contributed by atoms with E-state index in [0.29, 0.717) is 10.9 Å². The van der Waals surface area contributed by atoms with Gasteiger partial charge in [-0.15, -0.1) is 0 Å². The lowest BCUT2D eigenvalue weighted by Gasteiger charge is -2.06. The normalized spacial score (nSPS) is 13.8. The first-order valence-electron chi connectivity index (χ1n) is 6.07. The molecule has 0 aromatic carbocycles. The summed E-state index contributed by atoms with van der Waals surface area (Å²) in [5.41, 5.74) is -0.130. The monoisotopic (exact) mass is 298 g/mol. The quantitative estimate of drug-likeness (QED) is 0.266. The molecule has 20 heavy (non-hydrogen) atoms. The number of nitro groups is 1. The van der Waals surface area contributed by atoms with E-state index >= 15 is 0 Å². The van der Waals surface area contributed by atoms with Crippen LogP contribution < -0.4 is 5.32 Å². The lowest BCUT2D eigenvalue weighted by atomic mass is 10.4. The molecule has 1 aliphatic carbocycles. The van der Waals surface area contributed by atoms with E-state index in [9.17, 15) is 14.9 Å². The van der Waals surface area contributed by atoms with Gasteiger partial charge in [0, 0.05) is 11.8 Å². The van der Waals surface area contributed by atoms with Crippen LogP contribution in [0.5, 0.6) is 0 Å². The largest absolute Gasteiger partial charge is 0.469 e. The number of carbonyl (C=O) groups is 1. The van der Waals surface area contributed by atoms with Crippen LogP contribution in [0.3, 0.4) is 0 Å². The number of carbonyl (C=O) groups excluding carboxylic acids is 1. The Morgan fingerprint density at radius 1 is 1.65 bits per heavy atom. The first-order valence-corrected chi connectivity index (χ1v) is 7.06. The predicted octanol–water partition coefficient (Wildman–Crippen LogP) is 1.61. The number of hydrogen-bond donors (Lipinski definition) is 1. The fraction of sp³-hybridized carbons (Fsp3) is 0.545. The van der Waals surface area contributed by atoms with Gasteiger partial charge in [0.1, 0.15) is 6.20 Å². The predicted molar refractivity (Wildman–Crippen MR) is 72.7 cm³/mol. The molecule has 1 saturated carbocycles. The van der Waals surface area contributed by atoms with Crippen LogP contribution in [0.25, 0.3) is 0 Å². The molecule has 9 heteroatoms. The second kappa shape index (κ2) is 6.51. The van der Waals surface area contributed by atoms with Gasteiger partial charge in [-0.25, -0.2) is 4.98 Å². The average Bonchev–Trinajstić information content (AvgIpc) is 3.22. The number of methoxy groups -OCH3 is 1. The summed E-state index contributed by atoms with van der Waals surface area (Å²) in [5.74, 6) is 0.400. The highest BCUT2D eigenvalue weighted by atomic mass is 32.2. The van der Waals surface area contributed by atoms with Crippen LogP contribution in [-0.4, -0.2) is 39.8 Å². The van der Waals surface area contributed by atoms with E-state index < -0.39 is 4.92 Å². The lowest BCUT2D eigenvalue weighted by molar-refractivity contribution is -0.384. The lowest BCUT2D eigenvalue weighted by Crippen LogP contribution is -2.08. The van der Waals surface area contributed by atoms with Gasteiger partial charge in [0.15, 0.2) is 5.16 Å². The van der Waals surface area contributed by atoms with Crippen LogP contribution in [0.15, 0.2) is 11.4 Å². The van der Waals surface area contributed by atoms with Crippen LogP contribution in [0.2, 0.25) is 0 Å². The minimum absolute atomic E-state index is 0.130. The van der Waals surface area contributed by atoms with Crippen molar-refractivity contribution >= 4 is 29.2 Å². The zero-order valence-corrected chi connectivity index (χ0v) is 11.7. The number of nitrogens with zero attached hydrogens (tertiary/aromatic N) is 3. The Hall–Kier alpha value is -1.90. The third-order valence-corrected chi connectivity index (χ3v) is 3.49. The molecule has 108 valence electrons. The van der Waals surface area contributed by atoms with Gasteiger partial charge >= 0.3 is 11.7 Å². The fourth-order valence-corrected chi connectivity index (χ4v) is 2.15. The van der Waals surface area contributed by atoms with Crippen molar-refractivity contribution < 1.29 is 14.5 Å². The van der Waals surface area contributed by atoms with Crippen molar-refractivity contribution in [2.75, 3.05) is 18.2 Å². The molecule has 1 fully saturated rings. The van der Waals surface area contributed by atoms with E-state index in [-0.39, 0.29) is 29.9 Å². The summed E-state index contributed by atoms with van der Waals surface area (Å²) in [4.78, 5) is 29.4. The van der Waals surface area contributed by atoms with E-state index in [2.05, 4.69) is 20.0 Å². The Morgan fingerprint density at radius 3 is 3.00 bits per heavy atom. The smallest absolute Gasteiger partial charge is 0.329 e. The number of rotatable bonds is 7. The molecule has 0 unspecified atom stereocenters. The third-order valence-electron chi connectivity index (χ3n) is 2.63. The van der Waals surface area contributed by atoms with Crippen LogP contribution in [0, 0.1) is 10.1 Å². The van der Waals surface area contributed by atoms with Gasteiger partial charge in [-0.05, 0) is 12.8 Å². The van der Waals surface area contributed by atoms with E-state index in [1.165, 1.54) is 25.1 Å². The van der Waals surface area contributed by atoms with Crippen LogP contribution >= 0.6 is 11.8 Å². The number of hydrogen-bond acceptors (Lipinski definition) is 8. The second-order valence-electron chi connectivity index (χ2n) is 4.24. The topological polar surface area (TPSA) is 107 Å². The average molecular weight is 298 g/mol. The molecular formula is C11H14N4O4S. The van der Waals surface area contributed by atoms with Crippen LogP contribution in [0.4, 0.5) is 11.5 Å². The van der Waals surface area contributed by atoms with Crippen LogP contribution in [-0.2, 0) is 9.53 Å². The number of ether oxygens (including phenoxy) is 1. The van der Waals surface area contributed by atoms with E-state index in [1.54, 1.807) is 0 Å². The zero-order valence-electron chi connectivity index (χ0n) is 10.9. The molecule has 1 aromatic heterocycles. The molecule has 2 rings (SSSR count). The van der Waals surface area contributed by atoms with Crippen molar-refractivity contribution in [3.05, 3.63) is 16.3 Å². The summed E-state index contributed by atoms with van der Waals surface area (Å²) in [6.45, 7) is 0. The molecule has 1 aliphatic rings. The second-order valence-corrected chi connectivity index (χ2v) is 5.30. The number of aromatic nitrogens is 2. The minimum atomic E-state index is -0.506. The number of nitrogens with one attached hydrogen (secondary N) is 1. The van der Waals surface area contributed by atoms with Gasteiger partial charge in [0.05, 0.1) is 18.5 Å². The van der Waals surface area contributed by atoms with Crippen molar-refractivity contribution in [3.63, 3.8) is 0 Å². The maximum absolute atomic E-state index is 11.0. The molecule has 8 nitrogen and oxygen atoms in total. The Balaban J connectivity index is 2.02. The van der Waals surface area contributed by atoms with Gasteiger partial charge in [0.2, 0.25) is 5.82 Å². The Bertz CT molecular complexity index is 521. The molecule has 0 aliphatic heterocycles. The van der Waals surface area contributed by atoms with Gasteiger partial charge < -0.3 is 10.1 Å². The fourth-order valence-electron chi connectivity index (χ4n) is 1.42. The first-order chi connectivity index (χ1) is 9.60. The molecule has 0 radical (unpaired) electrons. The SMILES string of the molecule is COC(=O)CCSc1ncc([N+](=O)[O-])c(NC2CC2)n1. The molecule has 0 spiro atoms. The summed E-state index contributed by atoms with van der Waals surface area (Å²) >= 11 is 1.26. The van der Waals surface area contributed by atoms with Crippen molar-refractivity contribution in [3.8, 4) is 0 Å². The van der Waals surface area contributed by atoms with Crippen LogP contribution in [0.1, 0.15) is 19.3 Å². The van der Waals surface area contributed by atoms with Gasteiger partial charge in [-0.3, -0.25) is 14.9 Å². The zero-order chi connectivity index (χ0) is 14.5. The van der Waals surface area contributed by atoms with Gasteiger partial charge in [-0.2, -0.15) is 4.98 Å². The maximum Gasteiger partial charge on any atom is 0.329 e. The summed E-state index contributed by atoms with van der Waals surface area (Å²) in [7, 11) is 1.33. The summed E-state index contributed by atoms with van der Waals surface area (Å²) in [6, 6.07) is 0.261. The standard InChI is InChI=1S/C11H14N4O4S/c1-19-9(16)4-5-20-11-12-6-8(15(17)18)10(14-11)13-7-2-3-7/h6-7H,2-5H2,1H3,(H,12,13,14). The molecule has 0 atom stereocenters. The number of thioether (sulfide) groups is 1. The summed E-state index contributed by atoms with van der Waals surface area (Å²) in [6.07, 6.45) is 3.42. The molecular weight excluding hydrogens is 284 g/mol. The highest BCUT2D eigenvalue weighted by Gasteiger charge is 2.26. The minimum Gasteiger partial charge on any atom is -0.469 e. The highest BCUT2D eigenvalue weighted by Crippen LogP contribution is 2.30. The Morgan fingerprint density at radius 2 is 2.40 bits per heavy atom. The number of esters is 1. The maximum atomic E-state index is 11.0. The molecule has 1 N–H and O–H groups in total. The van der Waals surface area contributed by atoms with Gasteiger partial charge in [-0.1, -0.05) is 11.8 Å². The Labute approximate surface area is 119 Å². The van der Waals surface area contributed by atoms with E-state index in [1.807, 2.05) is 0 Å². The molecule has 1 aromatic rings. The molecule has 1 heterocycles. The van der Waals surface area contributed by atoms with Crippen molar-refractivity contribution in [1.82, 2.24) is 9.97 Å². The number of anilines is 1. The highest BCUT2D eigenvalue weighted by molar-refractivity contribution is 7.99. The molecule has 0 amide bonds. The molecule has 0 bridgehead atoms. The first kappa shape index (κ1) is 14.5. The summed E-state index contributed by atoms with van der Waals surface area (Å²) in [5, 5.41) is 14.3.